The molecule has 0 bridgehead atoms. The lowest BCUT2D eigenvalue weighted by atomic mass is 10.1. The molecule has 6 nitrogen and oxygen atoms in total. The molecule has 1 N–H and O–H groups in total. The molecule has 0 aliphatic carbocycles. The number of piperidine rings is 1. The maximum atomic E-state index is 12.3. The summed E-state index contributed by atoms with van der Waals surface area (Å²) < 4.78 is 10.7. The van der Waals surface area contributed by atoms with Gasteiger partial charge >= 0.3 is 5.63 Å². The molecule has 150 valence electrons. The van der Waals surface area contributed by atoms with Crippen LogP contribution in [0.15, 0.2) is 63.8 Å². The molecule has 3 aromatic rings. The van der Waals surface area contributed by atoms with Crippen molar-refractivity contribution < 1.29 is 13.9 Å². The van der Waals surface area contributed by atoms with E-state index >= 15 is 0 Å². The van der Waals surface area contributed by atoms with Gasteiger partial charge in [-0.1, -0.05) is 18.6 Å². The lowest BCUT2D eigenvalue weighted by Crippen LogP contribution is -2.29. The second kappa shape index (κ2) is 8.92. The van der Waals surface area contributed by atoms with Gasteiger partial charge in [-0.05, 0) is 61.8 Å². The van der Waals surface area contributed by atoms with E-state index in [1.54, 1.807) is 24.3 Å². The number of carbonyl (C=O) groups is 1. The Hall–Kier alpha value is -3.12. The number of carbonyl (C=O) groups excluding carboxylic acids is 1. The van der Waals surface area contributed by atoms with Crippen LogP contribution in [0.25, 0.3) is 11.0 Å². The number of fused-ring (bicyclic) bond motifs is 1. The molecule has 0 atom stereocenters. The Morgan fingerprint density at radius 1 is 1.03 bits per heavy atom. The van der Waals surface area contributed by atoms with E-state index in [4.69, 9.17) is 9.15 Å². The van der Waals surface area contributed by atoms with E-state index in [2.05, 4.69) is 16.3 Å². The zero-order valence-electron chi connectivity index (χ0n) is 16.2. The van der Waals surface area contributed by atoms with E-state index in [1.807, 2.05) is 18.2 Å². The van der Waals surface area contributed by atoms with E-state index in [-0.39, 0.29) is 12.5 Å². The molecule has 0 unspecified atom stereocenters. The number of nitrogens with zero attached hydrogens (tertiary/aromatic N) is 1. The molecule has 1 aliphatic heterocycles. The van der Waals surface area contributed by atoms with Crippen molar-refractivity contribution in [3.05, 3.63) is 70.6 Å². The van der Waals surface area contributed by atoms with Gasteiger partial charge in [0.25, 0.3) is 5.91 Å². The minimum Gasteiger partial charge on any atom is -0.484 e. The summed E-state index contributed by atoms with van der Waals surface area (Å²) in [5, 5.41) is 3.68. The highest BCUT2D eigenvalue weighted by atomic mass is 16.5. The Kier molecular flexibility index (Phi) is 5.91. The average molecular weight is 392 g/mol. The molecular formula is C23H24N2O4. The number of anilines is 1. The summed E-state index contributed by atoms with van der Waals surface area (Å²) in [6.45, 7) is 3.05. The Morgan fingerprint density at radius 3 is 2.72 bits per heavy atom. The van der Waals surface area contributed by atoms with E-state index in [9.17, 15) is 9.59 Å². The third-order valence-electron chi connectivity index (χ3n) is 5.03. The Bertz CT molecular complexity index is 1050. The monoisotopic (exact) mass is 392 g/mol. The lowest BCUT2D eigenvalue weighted by Gasteiger charge is -2.26. The molecule has 1 saturated heterocycles. The zero-order chi connectivity index (χ0) is 20.1. The van der Waals surface area contributed by atoms with Crippen LogP contribution in [-0.4, -0.2) is 30.5 Å². The molecule has 0 saturated carbocycles. The van der Waals surface area contributed by atoms with Crippen molar-refractivity contribution >= 4 is 22.6 Å². The van der Waals surface area contributed by atoms with Crippen LogP contribution in [0.3, 0.4) is 0 Å². The first-order valence-electron chi connectivity index (χ1n) is 9.94. The molecule has 1 amide bonds. The summed E-state index contributed by atoms with van der Waals surface area (Å²) >= 11 is 0. The van der Waals surface area contributed by atoms with E-state index in [0.29, 0.717) is 11.3 Å². The van der Waals surface area contributed by atoms with Crippen LogP contribution < -0.4 is 15.7 Å². The SMILES string of the molecule is O=C(COc1ccc2ccc(=O)oc2c1)Nc1cccc(CN2CCCCC2)c1. The van der Waals surface area contributed by atoms with E-state index in [1.165, 1.54) is 30.9 Å². The van der Waals surface area contributed by atoms with Crippen LogP contribution in [-0.2, 0) is 11.3 Å². The maximum Gasteiger partial charge on any atom is 0.336 e. The smallest absolute Gasteiger partial charge is 0.336 e. The first kappa shape index (κ1) is 19.2. The van der Waals surface area contributed by atoms with Crippen LogP contribution in [0.2, 0.25) is 0 Å². The Labute approximate surface area is 169 Å². The van der Waals surface area contributed by atoms with E-state index < -0.39 is 5.63 Å². The number of likely N-dealkylation sites (tertiary alicyclic amines) is 1. The predicted molar refractivity (Wildman–Crippen MR) is 112 cm³/mol. The fraction of sp³-hybridized carbons (Fsp3) is 0.304. The van der Waals surface area contributed by atoms with Gasteiger partial charge in [0.05, 0.1) is 0 Å². The van der Waals surface area contributed by atoms with Gasteiger partial charge in [-0.25, -0.2) is 4.79 Å². The van der Waals surface area contributed by atoms with Crippen molar-refractivity contribution in [3.8, 4) is 5.75 Å². The van der Waals surface area contributed by atoms with Gasteiger partial charge in [0.2, 0.25) is 0 Å². The van der Waals surface area contributed by atoms with Crippen molar-refractivity contribution in [2.45, 2.75) is 25.8 Å². The third kappa shape index (κ3) is 5.23. The number of hydrogen-bond acceptors (Lipinski definition) is 5. The third-order valence-corrected chi connectivity index (χ3v) is 5.03. The van der Waals surface area contributed by atoms with Crippen molar-refractivity contribution in [2.75, 3.05) is 25.0 Å². The topological polar surface area (TPSA) is 71.8 Å². The van der Waals surface area contributed by atoms with Crippen LogP contribution >= 0.6 is 0 Å². The number of rotatable bonds is 6. The molecule has 1 aliphatic rings. The quantitative estimate of drug-likeness (QED) is 0.646. The second-order valence-electron chi connectivity index (χ2n) is 7.33. The number of ether oxygens (including phenoxy) is 1. The first-order chi connectivity index (χ1) is 14.2. The lowest BCUT2D eigenvalue weighted by molar-refractivity contribution is -0.118. The minimum absolute atomic E-state index is 0.126. The fourth-order valence-corrected chi connectivity index (χ4v) is 3.60. The van der Waals surface area contributed by atoms with Gasteiger partial charge in [0.15, 0.2) is 6.61 Å². The fourth-order valence-electron chi connectivity index (χ4n) is 3.60. The van der Waals surface area contributed by atoms with Gasteiger partial charge in [-0.15, -0.1) is 0 Å². The molecule has 2 heterocycles. The highest BCUT2D eigenvalue weighted by Gasteiger charge is 2.11. The van der Waals surface area contributed by atoms with Crippen LogP contribution in [0.1, 0.15) is 24.8 Å². The highest BCUT2D eigenvalue weighted by Crippen LogP contribution is 2.20. The summed E-state index contributed by atoms with van der Waals surface area (Å²) in [4.78, 5) is 26.1. The largest absolute Gasteiger partial charge is 0.484 e. The van der Waals surface area contributed by atoms with E-state index in [0.717, 1.165) is 30.7 Å². The summed E-state index contributed by atoms with van der Waals surface area (Å²) in [6.07, 6.45) is 3.83. The summed E-state index contributed by atoms with van der Waals surface area (Å²) in [6, 6.07) is 16.1. The van der Waals surface area contributed by atoms with Gasteiger partial charge in [0, 0.05) is 29.8 Å². The van der Waals surface area contributed by atoms with Crippen LogP contribution in [0.5, 0.6) is 5.75 Å². The Balaban J connectivity index is 1.33. The van der Waals surface area contributed by atoms with Crippen LogP contribution in [0.4, 0.5) is 5.69 Å². The number of nitrogens with one attached hydrogen (secondary N) is 1. The first-order valence-corrected chi connectivity index (χ1v) is 9.94. The van der Waals surface area contributed by atoms with Gasteiger partial charge in [-0.2, -0.15) is 0 Å². The summed E-state index contributed by atoms with van der Waals surface area (Å²) in [5.41, 5.74) is 1.96. The van der Waals surface area contributed by atoms with Crippen LogP contribution in [0, 0.1) is 0 Å². The molecule has 6 heteroatoms. The van der Waals surface area contributed by atoms with Crippen molar-refractivity contribution in [3.63, 3.8) is 0 Å². The molecule has 2 aromatic carbocycles. The summed E-state index contributed by atoms with van der Waals surface area (Å²) in [5.74, 6) is 0.232. The maximum absolute atomic E-state index is 12.3. The normalized spacial score (nSPS) is 14.6. The number of amides is 1. The van der Waals surface area contributed by atoms with Crippen molar-refractivity contribution in [1.29, 1.82) is 0 Å². The standard InChI is InChI=1S/C23H24N2O4/c26-22(16-28-20-9-7-18-8-10-23(27)29-21(18)14-20)24-19-6-4-5-17(13-19)15-25-11-2-1-3-12-25/h4-10,13-14H,1-3,11-12,15-16H2,(H,24,26). The molecule has 0 radical (unpaired) electrons. The highest BCUT2D eigenvalue weighted by molar-refractivity contribution is 5.92. The van der Waals surface area contributed by atoms with Gasteiger partial charge in [0.1, 0.15) is 11.3 Å². The minimum atomic E-state index is -0.420. The number of hydrogen-bond donors (Lipinski definition) is 1. The summed E-state index contributed by atoms with van der Waals surface area (Å²) in [7, 11) is 0. The molecule has 4 rings (SSSR count). The molecule has 0 spiro atoms. The van der Waals surface area contributed by atoms with Gasteiger partial charge in [-0.3, -0.25) is 9.69 Å². The molecular weight excluding hydrogens is 368 g/mol. The molecule has 29 heavy (non-hydrogen) atoms. The van der Waals surface area contributed by atoms with Crippen molar-refractivity contribution in [1.82, 2.24) is 4.90 Å². The molecule has 1 aromatic heterocycles. The number of benzene rings is 2. The van der Waals surface area contributed by atoms with Gasteiger partial charge < -0.3 is 14.5 Å². The van der Waals surface area contributed by atoms with Crippen molar-refractivity contribution in [2.24, 2.45) is 0 Å². The Morgan fingerprint density at radius 2 is 1.86 bits per heavy atom. The average Bonchev–Trinajstić information content (AvgIpc) is 2.73. The predicted octanol–water partition coefficient (Wildman–Crippen LogP) is 3.80. The molecule has 1 fully saturated rings. The second-order valence-corrected chi connectivity index (χ2v) is 7.33. The zero-order valence-corrected chi connectivity index (χ0v) is 16.2.